The summed E-state index contributed by atoms with van der Waals surface area (Å²) in [7, 11) is 0. The van der Waals surface area contributed by atoms with Crippen molar-refractivity contribution in [3.8, 4) is 0 Å². The maximum Gasteiger partial charge on any atom is 0.259 e. The fraction of sp³-hybridized carbons (Fsp3) is 0.130. The summed E-state index contributed by atoms with van der Waals surface area (Å²) in [5.41, 5.74) is 3.08. The zero-order valence-electron chi connectivity index (χ0n) is 18.0. The molecule has 0 aliphatic heterocycles. The normalized spacial score (nSPS) is 11.1. The van der Waals surface area contributed by atoms with Crippen LogP contribution in [0.25, 0.3) is 11.0 Å². The Morgan fingerprint density at radius 3 is 2.94 bits per heavy atom. The van der Waals surface area contributed by atoms with E-state index in [0.717, 1.165) is 28.1 Å². The van der Waals surface area contributed by atoms with Crippen LogP contribution in [0.3, 0.4) is 0 Å². The van der Waals surface area contributed by atoms with Gasteiger partial charge in [0.1, 0.15) is 5.82 Å². The molecule has 0 fully saturated rings. The summed E-state index contributed by atoms with van der Waals surface area (Å²) >= 11 is 6.60. The average molecular weight is 489 g/mol. The molecule has 34 heavy (non-hydrogen) atoms. The first-order valence-corrected chi connectivity index (χ1v) is 11.8. The monoisotopic (exact) mass is 488 g/mol. The Balaban J connectivity index is 1.28. The summed E-state index contributed by atoms with van der Waals surface area (Å²) in [6.07, 6.45) is 5.53. The summed E-state index contributed by atoms with van der Waals surface area (Å²) in [6, 6.07) is 11.8. The first-order chi connectivity index (χ1) is 16.6. The molecule has 0 unspecified atom stereocenters. The average Bonchev–Trinajstić information content (AvgIpc) is 3.55. The third-order valence-electron chi connectivity index (χ3n) is 5.17. The molecule has 4 heterocycles. The standard InChI is InChI=1S/C23H20N8OS2/c1-2-8-30-19(28-29-23(30)33)10-18-14-34-22(26-18)27-21(32)17-9-16-12-25-31(20(16)24-11-17)13-15-6-4-3-5-7-15/h2-7,9,11-12,14H,1,8,10,13H2,(H,29,33)(H,26,27,32). The second kappa shape index (κ2) is 9.49. The SMILES string of the molecule is C=CCn1c(Cc2csc(NC(=O)c3cnc4c(cnn4Cc4ccccc4)c3)n2)n[nH]c1=S. The number of carbonyl (C=O) groups excluding carboxylic acids is 1. The number of amides is 1. The molecule has 11 heteroatoms. The number of carbonyl (C=O) groups is 1. The van der Waals surface area contributed by atoms with Gasteiger partial charge in [-0.2, -0.15) is 10.2 Å². The van der Waals surface area contributed by atoms with Crippen LogP contribution in [0.5, 0.6) is 0 Å². The Morgan fingerprint density at radius 2 is 2.12 bits per heavy atom. The maximum absolute atomic E-state index is 12.8. The summed E-state index contributed by atoms with van der Waals surface area (Å²) in [5, 5.41) is 17.5. The lowest BCUT2D eigenvalue weighted by Crippen LogP contribution is -2.12. The van der Waals surface area contributed by atoms with Crippen LogP contribution in [-0.4, -0.2) is 40.4 Å². The molecule has 0 spiro atoms. The van der Waals surface area contributed by atoms with Crippen molar-refractivity contribution >= 4 is 45.6 Å². The number of rotatable bonds is 8. The summed E-state index contributed by atoms with van der Waals surface area (Å²) < 4.78 is 4.22. The molecule has 5 aromatic rings. The molecule has 0 radical (unpaired) electrons. The predicted molar refractivity (Wildman–Crippen MR) is 134 cm³/mol. The third kappa shape index (κ3) is 4.56. The second-order valence-corrected chi connectivity index (χ2v) is 8.79. The number of anilines is 1. The van der Waals surface area contributed by atoms with E-state index in [1.54, 1.807) is 24.5 Å². The molecule has 9 nitrogen and oxygen atoms in total. The molecule has 0 aliphatic rings. The van der Waals surface area contributed by atoms with Gasteiger partial charge in [-0.3, -0.25) is 19.8 Å². The van der Waals surface area contributed by atoms with Crippen molar-refractivity contribution in [2.24, 2.45) is 0 Å². The summed E-state index contributed by atoms with van der Waals surface area (Å²) in [5.74, 6) is 0.482. The first kappa shape index (κ1) is 21.9. The zero-order valence-corrected chi connectivity index (χ0v) is 19.6. The van der Waals surface area contributed by atoms with E-state index < -0.39 is 0 Å². The molecule has 0 aliphatic carbocycles. The van der Waals surface area contributed by atoms with Gasteiger partial charge >= 0.3 is 0 Å². The molecule has 0 saturated carbocycles. The van der Waals surface area contributed by atoms with E-state index >= 15 is 0 Å². The molecule has 1 aromatic carbocycles. The maximum atomic E-state index is 12.8. The highest BCUT2D eigenvalue weighted by Gasteiger charge is 2.14. The van der Waals surface area contributed by atoms with Crippen molar-refractivity contribution in [3.63, 3.8) is 0 Å². The van der Waals surface area contributed by atoms with Gasteiger partial charge in [0.05, 0.1) is 30.4 Å². The number of hydrogen-bond donors (Lipinski definition) is 2. The number of allylic oxidation sites excluding steroid dienone is 1. The number of aromatic amines is 1. The van der Waals surface area contributed by atoms with Crippen molar-refractivity contribution in [2.45, 2.75) is 19.5 Å². The van der Waals surface area contributed by atoms with Gasteiger partial charge in [0.15, 0.2) is 15.5 Å². The van der Waals surface area contributed by atoms with E-state index in [2.05, 4.69) is 37.2 Å². The van der Waals surface area contributed by atoms with Crippen molar-refractivity contribution in [1.29, 1.82) is 0 Å². The molecule has 2 N–H and O–H groups in total. The van der Waals surface area contributed by atoms with Gasteiger partial charge in [-0.1, -0.05) is 36.4 Å². The quantitative estimate of drug-likeness (QED) is 0.250. The Morgan fingerprint density at radius 1 is 1.26 bits per heavy atom. The number of hydrogen-bond acceptors (Lipinski definition) is 7. The number of nitrogens with zero attached hydrogens (tertiary/aromatic N) is 6. The largest absolute Gasteiger partial charge is 0.300 e. The number of thiazole rings is 1. The van der Waals surface area contributed by atoms with Crippen LogP contribution in [-0.2, 0) is 19.5 Å². The number of fused-ring (bicyclic) bond motifs is 1. The fourth-order valence-corrected chi connectivity index (χ4v) is 4.48. The number of pyridine rings is 1. The lowest BCUT2D eigenvalue weighted by atomic mass is 10.2. The Kier molecular flexibility index (Phi) is 6.11. The lowest BCUT2D eigenvalue weighted by molar-refractivity contribution is 0.102. The fourth-order valence-electron chi connectivity index (χ4n) is 3.55. The number of H-pyrrole nitrogens is 1. The third-order valence-corrected chi connectivity index (χ3v) is 6.29. The Bertz CT molecular complexity index is 1530. The summed E-state index contributed by atoms with van der Waals surface area (Å²) in [4.78, 5) is 21.8. The molecule has 4 aromatic heterocycles. The molecule has 5 rings (SSSR count). The number of nitrogens with one attached hydrogen (secondary N) is 2. The Labute approximate surface area is 203 Å². The predicted octanol–water partition coefficient (Wildman–Crippen LogP) is 4.22. The zero-order chi connectivity index (χ0) is 23.5. The van der Waals surface area contributed by atoms with Crippen LogP contribution in [0, 0.1) is 4.77 Å². The highest BCUT2D eigenvalue weighted by atomic mass is 32.1. The second-order valence-electron chi connectivity index (χ2n) is 7.54. The van der Waals surface area contributed by atoms with E-state index in [0.29, 0.717) is 35.0 Å². The van der Waals surface area contributed by atoms with Crippen LogP contribution in [0.2, 0.25) is 0 Å². The van der Waals surface area contributed by atoms with Crippen molar-refractivity contribution in [3.05, 3.63) is 94.2 Å². The highest BCUT2D eigenvalue weighted by Crippen LogP contribution is 2.20. The minimum Gasteiger partial charge on any atom is -0.300 e. The molecule has 0 saturated heterocycles. The van der Waals surface area contributed by atoms with E-state index in [4.69, 9.17) is 12.2 Å². The summed E-state index contributed by atoms with van der Waals surface area (Å²) in [6.45, 7) is 4.93. The van der Waals surface area contributed by atoms with Gasteiger partial charge in [-0.15, -0.1) is 17.9 Å². The molecular weight excluding hydrogens is 468 g/mol. The molecule has 0 bridgehead atoms. The molecular formula is C23H20N8OS2. The highest BCUT2D eigenvalue weighted by molar-refractivity contribution is 7.71. The van der Waals surface area contributed by atoms with E-state index in [-0.39, 0.29) is 5.91 Å². The number of benzene rings is 1. The minimum atomic E-state index is -0.277. The van der Waals surface area contributed by atoms with Gasteiger partial charge in [0.2, 0.25) is 0 Å². The van der Waals surface area contributed by atoms with Gasteiger partial charge in [-0.05, 0) is 23.8 Å². The lowest BCUT2D eigenvalue weighted by Gasteiger charge is -2.04. The number of aromatic nitrogens is 7. The Hall–Kier alpha value is -3.96. The minimum absolute atomic E-state index is 0.277. The first-order valence-electron chi connectivity index (χ1n) is 10.5. The van der Waals surface area contributed by atoms with Gasteiger partial charge in [0, 0.05) is 23.5 Å². The van der Waals surface area contributed by atoms with Gasteiger partial charge in [0.25, 0.3) is 5.91 Å². The van der Waals surface area contributed by atoms with E-state index in [1.807, 2.05) is 45.0 Å². The molecule has 1 amide bonds. The van der Waals surface area contributed by atoms with Crippen LogP contribution in [0.4, 0.5) is 5.13 Å². The van der Waals surface area contributed by atoms with Crippen molar-refractivity contribution in [1.82, 2.24) is 34.5 Å². The van der Waals surface area contributed by atoms with Crippen molar-refractivity contribution in [2.75, 3.05) is 5.32 Å². The van der Waals surface area contributed by atoms with Crippen molar-refractivity contribution < 1.29 is 4.79 Å². The van der Waals surface area contributed by atoms with Crippen LogP contribution < -0.4 is 5.32 Å². The topological polar surface area (TPSA) is 106 Å². The van der Waals surface area contributed by atoms with Crippen LogP contribution in [0.15, 0.2) is 66.8 Å². The van der Waals surface area contributed by atoms with Crippen LogP contribution >= 0.6 is 23.6 Å². The smallest absolute Gasteiger partial charge is 0.259 e. The van der Waals surface area contributed by atoms with E-state index in [9.17, 15) is 4.79 Å². The van der Waals surface area contributed by atoms with E-state index in [1.165, 1.54) is 11.3 Å². The van der Waals surface area contributed by atoms with Gasteiger partial charge < -0.3 is 0 Å². The van der Waals surface area contributed by atoms with Gasteiger partial charge in [-0.25, -0.2) is 14.6 Å². The molecule has 170 valence electrons. The van der Waals surface area contributed by atoms with Crippen LogP contribution in [0.1, 0.15) is 27.4 Å². The molecule has 0 atom stereocenters.